The van der Waals surface area contributed by atoms with E-state index in [-0.39, 0.29) is 16.1 Å². The van der Waals surface area contributed by atoms with Crippen molar-refractivity contribution in [2.75, 3.05) is 12.4 Å². The number of nitrogens with zero attached hydrogens (tertiary/aromatic N) is 1. The van der Waals surface area contributed by atoms with E-state index in [9.17, 15) is 10.1 Å². The fourth-order valence-corrected chi connectivity index (χ4v) is 1.50. The summed E-state index contributed by atoms with van der Waals surface area (Å²) >= 11 is 0. The molecule has 17 heavy (non-hydrogen) atoms. The number of nitrogens with one attached hydrogen (secondary N) is 1. The normalized spacial score (nSPS) is 11.3. The number of nitro groups is 1. The SMILES string of the molecule is COCc1ccc([N+](=O)[O-])c(NC(C)(C)C)c1. The van der Waals surface area contributed by atoms with E-state index in [4.69, 9.17) is 4.74 Å². The molecule has 0 spiro atoms. The van der Waals surface area contributed by atoms with Gasteiger partial charge in [-0.05, 0) is 38.5 Å². The lowest BCUT2D eigenvalue weighted by molar-refractivity contribution is -0.384. The van der Waals surface area contributed by atoms with Crippen molar-refractivity contribution in [3.05, 3.63) is 33.9 Å². The van der Waals surface area contributed by atoms with E-state index < -0.39 is 0 Å². The maximum Gasteiger partial charge on any atom is 0.292 e. The maximum atomic E-state index is 10.9. The summed E-state index contributed by atoms with van der Waals surface area (Å²) in [4.78, 5) is 10.5. The van der Waals surface area contributed by atoms with Gasteiger partial charge in [-0.2, -0.15) is 0 Å². The van der Waals surface area contributed by atoms with Crippen LogP contribution < -0.4 is 5.32 Å². The summed E-state index contributed by atoms with van der Waals surface area (Å²) in [6.07, 6.45) is 0. The molecule has 1 rings (SSSR count). The van der Waals surface area contributed by atoms with Crippen molar-refractivity contribution in [2.24, 2.45) is 0 Å². The zero-order chi connectivity index (χ0) is 13.1. The third-order valence-corrected chi connectivity index (χ3v) is 2.08. The molecule has 0 unspecified atom stereocenters. The Hall–Kier alpha value is -1.62. The molecule has 0 amide bonds. The summed E-state index contributed by atoms with van der Waals surface area (Å²) in [7, 11) is 1.60. The smallest absolute Gasteiger partial charge is 0.292 e. The van der Waals surface area contributed by atoms with Crippen LogP contribution in [0.15, 0.2) is 18.2 Å². The van der Waals surface area contributed by atoms with Crippen LogP contribution in [0.1, 0.15) is 26.3 Å². The Kier molecular flexibility index (Phi) is 4.07. The second-order valence-electron chi connectivity index (χ2n) is 4.92. The molecule has 0 aliphatic carbocycles. The number of rotatable bonds is 4. The second-order valence-corrected chi connectivity index (χ2v) is 4.92. The Labute approximate surface area is 101 Å². The molecule has 0 saturated heterocycles. The van der Waals surface area contributed by atoms with Crippen molar-refractivity contribution in [1.29, 1.82) is 0 Å². The molecular weight excluding hydrogens is 220 g/mol. The first kappa shape index (κ1) is 13.4. The second kappa shape index (κ2) is 5.14. The minimum absolute atomic E-state index is 0.0831. The predicted octanol–water partition coefficient (Wildman–Crippen LogP) is 2.95. The molecule has 0 atom stereocenters. The topological polar surface area (TPSA) is 64.4 Å². The average molecular weight is 238 g/mol. The Morgan fingerprint density at radius 3 is 2.53 bits per heavy atom. The van der Waals surface area contributed by atoms with Crippen LogP contribution >= 0.6 is 0 Å². The lowest BCUT2D eigenvalue weighted by Gasteiger charge is -2.22. The zero-order valence-corrected chi connectivity index (χ0v) is 10.6. The lowest BCUT2D eigenvalue weighted by Crippen LogP contribution is -2.26. The molecule has 94 valence electrons. The first-order chi connectivity index (χ1) is 7.83. The number of methoxy groups -OCH3 is 1. The van der Waals surface area contributed by atoms with Gasteiger partial charge in [-0.25, -0.2) is 0 Å². The fourth-order valence-electron chi connectivity index (χ4n) is 1.50. The highest BCUT2D eigenvalue weighted by atomic mass is 16.6. The van der Waals surface area contributed by atoms with Gasteiger partial charge in [-0.3, -0.25) is 10.1 Å². The van der Waals surface area contributed by atoms with Crippen molar-refractivity contribution in [1.82, 2.24) is 0 Å². The minimum Gasteiger partial charge on any atom is -0.380 e. The van der Waals surface area contributed by atoms with Crippen LogP contribution in [-0.4, -0.2) is 17.6 Å². The van der Waals surface area contributed by atoms with E-state index in [2.05, 4.69) is 5.32 Å². The average Bonchev–Trinajstić information content (AvgIpc) is 2.15. The third kappa shape index (κ3) is 4.03. The number of hydrogen-bond acceptors (Lipinski definition) is 4. The molecule has 1 N–H and O–H groups in total. The monoisotopic (exact) mass is 238 g/mol. The molecule has 0 bridgehead atoms. The Morgan fingerprint density at radius 2 is 2.06 bits per heavy atom. The maximum absolute atomic E-state index is 10.9. The van der Waals surface area contributed by atoms with Crippen LogP contribution in [0.2, 0.25) is 0 Å². The summed E-state index contributed by atoms with van der Waals surface area (Å²) in [5.74, 6) is 0. The van der Waals surface area contributed by atoms with Crippen LogP contribution in [0.5, 0.6) is 0 Å². The van der Waals surface area contributed by atoms with Gasteiger partial charge in [-0.15, -0.1) is 0 Å². The van der Waals surface area contributed by atoms with Crippen LogP contribution in [-0.2, 0) is 11.3 Å². The Morgan fingerprint density at radius 1 is 1.41 bits per heavy atom. The molecule has 5 heteroatoms. The molecule has 0 aromatic heterocycles. The lowest BCUT2D eigenvalue weighted by atomic mass is 10.1. The van der Waals surface area contributed by atoms with Crippen molar-refractivity contribution < 1.29 is 9.66 Å². The van der Waals surface area contributed by atoms with E-state index in [0.29, 0.717) is 12.3 Å². The van der Waals surface area contributed by atoms with Crippen LogP contribution in [0.4, 0.5) is 11.4 Å². The first-order valence-electron chi connectivity index (χ1n) is 5.38. The first-order valence-corrected chi connectivity index (χ1v) is 5.38. The van der Waals surface area contributed by atoms with Gasteiger partial charge in [0.15, 0.2) is 0 Å². The molecule has 1 aromatic carbocycles. The third-order valence-electron chi connectivity index (χ3n) is 2.08. The number of nitro benzene ring substituents is 1. The highest BCUT2D eigenvalue weighted by molar-refractivity contribution is 5.63. The Balaban J connectivity index is 3.11. The largest absolute Gasteiger partial charge is 0.380 e. The zero-order valence-electron chi connectivity index (χ0n) is 10.6. The fraction of sp³-hybridized carbons (Fsp3) is 0.500. The molecule has 0 radical (unpaired) electrons. The van der Waals surface area contributed by atoms with Gasteiger partial charge < -0.3 is 10.1 Å². The van der Waals surface area contributed by atoms with Gasteiger partial charge >= 0.3 is 0 Å². The molecule has 0 aliphatic rings. The van der Waals surface area contributed by atoms with Gasteiger partial charge in [0.25, 0.3) is 5.69 Å². The minimum atomic E-state index is -0.384. The van der Waals surface area contributed by atoms with E-state index >= 15 is 0 Å². The summed E-state index contributed by atoms with van der Waals surface area (Å²) in [6, 6.07) is 4.96. The van der Waals surface area contributed by atoms with Gasteiger partial charge in [0.1, 0.15) is 5.69 Å². The molecule has 5 nitrogen and oxygen atoms in total. The van der Waals surface area contributed by atoms with Gasteiger partial charge in [-0.1, -0.05) is 0 Å². The molecule has 0 fully saturated rings. The highest BCUT2D eigenvalue weighted by Gasteiger charge is 2.18. The summed E-state index contributed by atoms with van der Waals surface area (Å²) < 4.78 is 5.02. The molecule has 0 saturated carbocycles. The van der Waals surface area contributed by atoms with Gasteiger partial charge in [0, 0.05) is 18.7 Å². The van der Waals surface area contributed by atoms with Crippen LogP contribution in [0.3, 0.4) is 0 Å². The van der Waals surface area contributed by atoms with Gasteiger partial charge in [0.2, 0.25) is 0 Å². The summed E-state index contributed by atoms with van der Waals surface area (Å²) in [5.41, 5.74) is 1.29. The number of ether oxygens (including phenoxy) is 1. The molecular formula is C12H18N2O3. The van der Waals surface area contributed by atoms with E-state index in [1.165, 1.54) is 6.07 Å². The number of benzene rings is 1. The van der Waals surface area contributed by atoms with E-state index in [1.807, 2.05) is 20.8 Å². The predicted molar refractivity (Wildman–Crippen MR) is 67.2 cm³/mol. The highest BCUT2D eigenvalue weighted by Crippen LogP contribution is 2.28. The molecule has 0 aliphatic heterocycles. The Bertz CT molecular complexity index is 411. The van der Waals surface area contributed by atoms with Crippen molar-refractivity contribution in [2.45, 2.75) is 32.9 Å². The number of anilines is 1. The molecule has 0 heterocycles. The number of hydrogen-bond donors (Lipinski definition) is 1. The van der Waals surface area contributed by atoms with E-state index in [0.717, 1.165) is 5.56 Å². The van der Waals surface area contributed by atoms with Crippen molar-refractivity contribution in [3.63, 3.8) is 0 Å². The van der Waals surface area contributed by atoms with E-state index in [1.54, 1.807) is 19.2 Å². The molecule has 1 aromatic rings. The standard InChI is InChI=1S/C12H18N2O3/c1-12(2,3)13-10-7-9(8-17-4)5-6-11(10)14(15)16/h5-7,13H,8H2,1-4H3. The van der Waals surface area contributed by atoms with Crippen molar-refractivity contribution >= 4 is 11.4 Å². The van der Waals surface area contributed by atoms with Crippen LogP contribution in [0.25, 0.3) is 0 Å². The summed E-state index contributed by atoms with van der Waals surface area (Å²) in [5, 5.41) is 14.0. The van der Waals surface area contributed by atoms with Crippen LogP contribution in [0, 0.1) is 10.1 Å². The van der Waals surface area contributed by atoms with Crippen molar-refractivity contribution in [3.8, 4) is 0 Å². The van der Waals surface area contributed by atoms with Gasteiger partial charge in [0.05, 0.1) is 11.5 Å². The quantitative estimate of drug-likeness (QED) is 0.647. The summed E-state index contributed by atoms with van der Waals surface area (Å²) in [6.45, 7) is 6.32.